The first-order valence-corrected chi connectivity index (χ1v) is 9.22. The number of ether oxygens (including phenoxy) is 1. The molecule has 0 aromatic heterocycles. The van der Waals surface area contributed by atoms with Crippen LogP contribution in [0.25, 0.3) is 0 Å². The normalized spacial score (nSPS) is 17.7. The molecule has 0 aliphatic carbocycles. The summed E-state index contributed by atoms with van der Waals surface area (Å²) >= 11 is -1.93. The van der Waals surface area contributed by atoms with E-state index in [1.54, 1.807) is 18.2 Å². The molecule has 2 aromatic rings. The van der Waals surface area contributed by atoms with Crippen molar-refractivity contribution < 1.29 is 30.8 Å². The third-order valence-electron chi connectivity index (χ3n) is 4.27. The summed E-state index contributed by atoms with van der Waals surface area (Å²) in [6, 6.07) is 9.96. The van der Waals surface area contributed by atoms with Crippen LogP contribution in [0.5, 0.6) is 5.75 Å². The van der Waals surface area contributed by atoms with Gasteiger partial charge in [0.15, 0.2) is 0 Å². The number of hydrogen-bond acceptors (Lipinski definition) is 4. The van der Waals surface area contributed by atoms with Gasteiger partial charge in [0.25, 0.3) is 0 Å². The minimum Gasteiger partial charge on any atom is -0.497 e. The van der Waals surface area contributed by atoms with Crippen LogP contribution in [0.15, 0.2) is 47.4 Å². The van der Waals surface area contributed by atoms with E-state index in [-0.39, 0.29) is 17.9 Å². The number of anilines is 1. The molecular formula is C18H17F4NO3S. The fourth-order valence-corrected chi connectivity index (χ4v) is 3.69. The van der Waals surface area contributed by atoms with Crippen molar-refractivity contribution in [3.05, 3.63) is 53.8 Å². The Bertz CT molecular complexity index is 826. The summed E-state index contributed by atoms with van der Waals surface area (Å²) in [6.07, 6.45) is -5.31. The number of hydrogen-bond donors (Lipinski definition) is 0. The molecule has 1 aliphatic heterocycles. The average molecular weight is 403 g/mol. The first-order chi connectivity index (χ1) is 12.8. The van der Waals surface area contributed by atoms with Gasteiger partial charge in [-0.1, -0.05) is 0 Å². The quantitative estimate of drug-likeness (QED) is 0.654. The molecule has 0 spiro atoms. The summed E-state index contributed by atoms with van der Waals surface area (Å²) in [5.74, 6) is -0.393. The van der Waals surface area contributed by atoms with E-state index in [1.165, 1.54) is 24.3 Å². The van der Waals surface area contributed by atoms with Crippen molar-refractivity contribution in [2.45, 2.75) is 29.8 Å². The van der Waals surface area contributed by atoms with E-state index in [4.69, 9.17) is 9.02 Å². The second-order valence-electron chi connectivity index (χ2n) is 6.10. The fourth-order valence-electron chi connectivity index (χ4n) is 2.94. The van der Waals surface area contributed by atoms with E-state index >= 15 is 0 Å². The lowest BCUT2D eigenvalue weighted by molar-refractivity contribution is -0.136. The van der Waals surface area contributed by atoms with Crippen LogP contribution in [-0.4, -0.2) is 24.0 Å². The molecule has 0 saturated carbocycles. The maximum absolute atomic E-state index is 13.0. The van der Waals surface area contributed by atoms with Crippen LogP contribution in [0.4, 0.5) is 23.2 Å². The lowest BCUT2D eigenvalue weighted by Crippen LogP contribution is -2.24. The molecule has 0 radical (unpaired) electrons. The van der Waals surface area contributed by atoms with Crippen LogP contribution in [0.2, 0.25) is 0 Å². The minimum atomic E-state index is -4.26. The van der Waals surface area contributed by atoms with Gasteiger partial charge in [0, 0.05) is 12.3 Å². The summed E-state index contributed by atoms with van der Waals surface area (Å²) in [6.45, 7) is 0.130. The lowest BCUT2D eigenvalue weighted by Gasteiger charge is -2.18. The first kappa shape index (κ1) is 19.6. The smallest absolute Gasteiger partial charge is 0.389 e. The Morgan fingerprint density at radius 1 is 1.19 bits per heavy atom. The van der Waals surface area contributed by atoms with Crippen LogP contribution in [0, 0.1) is 5.82 Å². The van der Waals surface area contributed by atoms with Crippen molar-refractivity contribution >= 4 is 16.8 Å². The monoisotopic (exact) mass is 403 g/mol. The van der Waals surface area contributed by atoms with Gasteiger partial charge in [-0.3, -0.25) is 0 Å². The Hall–Kier alpha value is -2.13. The number of benzene rings is 2. The van der Waals surface area contributed by atoms with E-state index < -0.39 is 35.4 Å². The summed E-state index contributed by atoms with van der Waals surface area (Å²) in [4.78, 5) is 0.255. The van der Waals surface area contributed by atoms with Gasteiger partial charge in [0.05, 0.1) is 24.2 Å². The molecule has 0 saturated heterocycles. The maximum Gasteiger partial charge on any atom is 0.389 e. The summed E-state index contributed by atoms with van der Waals surface area (Å²) in [7, 11) is 1.47. The molecular weight excluding hydrogens is 386 g/mol. The van der Waals surface area contributed by atoms with Crippen LogP contribution >= 0.6 is 0 Å². The number of nitrogens with zero attached hydrogens (tertiary/aromatic N) is 1. The highest BCUT2D eigenvalue weighted by atomic mass is 32.2. The van der Waals surface area contributed by atoms with Crippen molar-refractivity contribution in [1.29, 1.82) is 0 Å². The van der Waals surface area contributed by atoms with Crippen molar-refractivity contribution in [2.75, 3.05) is 18.7 Å². The Labute approximate surface area is 156 Å². The summed E-state index contributed by atoms with van der Waals surface area (Å²) in [5, 5.41) is 1.33. The molecule has 0 fully saturated rings. The lowest BCUT2D eigenvalue weighted by atomic mass is 9.96. The van der Waals surface area contributed by atoms with Gasteiger partial charge in [-0.25, -0.2) is 13.7 Å². The predicted octanol–water partition coefficient (Wildman–Crippen LogP) is 4.73. The van der Waals surface area contributed by atoms with Gasteiger partial charge in [-0.05, 0) is 54.4 Å². The molecule has 9 heteroatoms. The average Bonchev–Trinajstić information content (AvgIpc) is 2.96. The number of alkyl halides is 3. The number of hydroxylamine groups is 1. The highest BCUT2D eigenvalue weighted by molar-refractivity contribution is 7.80. The standard InChI is InChI=1S/C18H17F4NO3S/c1-25-14-4-7-17-16(10-14)12(8-9-18(20,21)22)11-23(17)26-27(24)15-5-2-13(19)3-6-15/h2-7,10,12H,8-9,11H2,1H3. The van der Waals surface area contributed by atoms with E-state index in [0.717, 1.165) is 12.1 Å². The zero-order chi connectivity index (χ0) is 19.6. The Balaban J connectivity index is 1.80. The van der Waals surface area contributed by atoms with Gasteiger partial charge < -0.3 is 4.74 Å². The van der Waals surface area contributed by atoms with Crippen molar-refractivity contribution in [1.82, 2.24) is 0 Å². The number of halogens is 4. The van der Waals surface area contributed by atoms with Crippen molar-refractivity contribution in [3.8, 4) is 5.75 Å². The van der Waals surface area contributed by atoms with Gasteiger partial charge in [0.2, 0.25) is 11.1 Å². The zero-order valence-electron chi connectivity index (χ0n) is 14.3. The van der Waals surface area contributed by atoms with E-state index in [9.17, 15) is 21.8 Å². The Morgan fingerprint density at radius 2 is 1.89 bits per heavy atom. The Morgan fingerprint density at radius 3 is 2.52 bits per heavy atom. The molecule has 0 bridgehead atoms. The third-order valence-corrected chi connectivity index (χ3v) is 5.24. The molecule has 1 aliphatic rings. The molecule has 2 atom stereocenters. The van der Waals surface area contributed by atoms with Gasteiger partial charge in [-0.2, -0.15) is 17.5 Å². The topological polar surface area (TPSA) is 38.8 Å². The highest BCUT2D eigenvalue weighted by Gasteiger charge is 2.35. The highest BCUT2D eigenvalue weighted by Crippen LogP contribution is 2.42. The molecule has 4 nitrogen and oxygen atoms in total. The van der Waals surface area contributed by atoms with E-state index in [1.807, 2.05) is 0 Å². The predicted molar refractivity (Wildman–Crippen MR) is 92.3 cm³/mol. The number of rotatable bonds is 6. The van der Waals surface area contributed by atoms with Crippen LogP contribution in [-0.2, 0) is 15.4 Å². The number of fused-ring (bicyclic) bond motifs is 1. The molecule has 2 aromatic carbocycles. The third kappa shape index (κ3) is 4.78. The minimum absolute atomic E-state index is 0.118. The van der Waals surface area contributed by atoms with Gasteiger partial charge in [-0.15, -0.1) is 0 Å². The second-order valence-corrected chi connectivity index (χ2v) is 7.19. The molecule has 2 unspecified atom stereocenters. The van der Waals surface area contributed by atoms with Crippen LogP contribution in [0.3, 0.4) is 0 Å². The van der Waals surface area contributed by atoms with Gasteiger partial charge >= 0.3 is 6.18 Å². The SMILES string of the molecule is COc1ccc2c(c1)C(CCC(F)(F)F)CN2OS(=O)c1ccc(F)cc1. The van der Waals surface area contributed by atoms with Gasteiger partial charge in [0.1, 0.15) is 11.6 Å². The number of methoxy groups -OCH3 is 1. The Kier molecular flexibility index (Phi) is 5.71. The molecule has 146 valence electrons. The molecule has 0 N–H and O–H groups in total. The molecule has 3 rings (SSSR count). The summed E-state index contributed by atoms with van der Waals surface area (Å²) in [5.41, 5.74) is 1.19. The maximum atomic E-state index is 13.0. The van der Waals surface area contributed by atoms with Crippen molar-refractivity contribution in [3.63, 3.8) is 0 Å². The van der Waals surface area contributed by atoms with E-state index in [2.05, 4.69) is 0 Å². The fraction of sp³-hybridized carbons (Fsp3) is 0.333. The zero-order valence-corrected chi connectivity index (χ0v) is 15.1. The molecule has 1 heterocycles. The first-order valence-electron chi connectivity index (χ1n) is 8.15. The van der Waals surface area contributed by atoms with Crippen molar-refractivity contribution in [2.24, 2.45) is 0 Å². The largest absolute Gasteiger partial charge is 0.497 e. The molecule has 27 heavy (non-hydrogen) atoms. The summed E-state index contributed by atoms with van der Waals surface area (Å²) < 4.78 is 73.9. The van der Waals surface area contributed by atoms with Crippen LogP contribution in [0.1, 0.15) is 24.3 Å². The van der Waals surface area contributed by atoms with E-state index in [0.29, 0.717) is 17.0 Å². The molecule has 0 amide bonds. The van der Waals surface area contributed by atoms with Crippen LogP contribution < -0.4 is 9.80 Å². The second kappa shape index (κ2) is 7.85.